The molecule has 4 nitrogen and oxygen atoms in total. The maximum absolute atomic E-state index is 11.7. The lowest BCUT2D eigenvalue weighted by Crippen LogP contribution is -2.01. The first-order valence-corrected chi connectivity index (χ1v) is 7.91. The number of hydrogen-bond acceptors (Lipinski definition) is 3. The van der Waals surface area contributed by atoms with Gasteiger partial charge < -0.3 is 9.84 Å². The number of fused-ring (bicyclic) bond motifs is 1. The summed E-state index contributed by atoms with van der Waals surface area (Å²) in [6.45, 7) is 0. The van der Waals surface area contributed by atoms with Gasteiger partial charge in [-0.3, -0.25) is 0 Å². The molecule has 0 saturated carbocycles. The van der Waals surface area contributed by atoms with E-state index in [0.717, 1.165) is 0 Å². The van der Waals surface area contributed by atoms with Crippen molar-refractivity contribution in [2.24, 2.45) is 0 Å². The van der Waals surface area contributed by atoms with Crippen LogP contribution in [-0.2, 0) is 0 Å². The smallest absolute Gasteiger partial charge is 0.336 e. The summed E-state index contributed by atoms with van der Waals surface area (Å²) in [6, 6.07) is 9.61. The number of carbonyl (C=O) groups is 1. The summed E-state index contributed by atoms with van der Waals surface area (Å²) in [5.74, 6) is -0.691. The molecule has 7 heteroatoms. The Morgan fingerprint density at radius 2 is 1.79 bits per heavy atom. The van der Waals surface area contributed by atoms with Crippen molar-refractivity contribution in [2.75, 3.05) is 7.11 Å². The van der Waals surface area contributed by atoms with Crippen molar-refractivity contribution in [3.8, 4) is 17.0 Å². The highest BCUT2D eigenvalue weighted by Crippen LogP contribution is 2.34. The van der Waals surface area contributed by atoms with Gasteiger partial charge in [0, 0.05) is 10.9 Å². The highest BCUT2D eigenvalue weighted by Gasteiger charge is 2.16. The molecular formula is C17H10Cl3NO3. The number of halogens is 3. The number of carboxylic acid groups (broad SMARTS) is 1. The average Bonchev–Trinajstić information content (AvgIpc) is 2.55. The Morgan fingerprint density at radius 3 is 2.42 bits per heavy atom. The molecule has 122 valence electrons. The van der Waals surface area contributed by atoms with Gasteiger partial charge in [0.15, 0.2) is 0 Å². The van der Waals surface area contributed by atoms with E-state index in [9.17, 15) is 9.90 Å². The SMILES string of the molecule is COc1cc2c(C(=O)O)cc(-c3ccc(Cl)c(Cl)c3)nc2cc1Cl. The van der Waals surface area contributed by atoms with Crippen molar-refractivity contribution >= 4 is 51.7 Å². The van der Waals surface area contributed by atoms with E-state index in [-0.39, 0.29) is 5.56 Å². The topological polar surface area (TPSA) is 59.4 Å². The van der Waals surface area contributed by atoms with E-state index in [2.05, 4.69) is 4.98 Å². The van der Waals surface area contributed by atoms with Crippen LogP contribution in [0, 0.1) is 0 Å². The van der Waals surface area contributed by atoms with E-state index in [0.29, 0.717) is 43.0 Å². The quantitative estimate of drug-likeness (QED) is 0.643. The summed E-state index contributed by atoms with van der Waals surface area (Å²) in [4.78, 5) is 16.1. The molecule has 0 fully saturated rings. The third kappa shape index (κ3) is 3.00. The third-order valence-electron chi connectivity index (χ3n) is 3.53. The zero-order valence-electron chi connectivity index (χ0n) is 12.3. The fourth-order valence-electron chi connectivity index (χ4n) is 2.36. The van der Waals surface area contributed by atoms with Gasteiger partial charge in [0.1, 0.15) is 5.75 Å². The average molecular weight is 383 g/mol. The first-order valence-electron chi connectivity index (χ1n) is 6.77. The molecule has 0 unspecified atom stereocenters. The van der Waals surface area contributed by atoms with Crippen LogP contribution in [0.25, 0.3) is 22.2 Å². The van der Waals surface area contributed by atoms with Crippen molar-refractivity contribution in [1.82, 2.24) is 4.98 Å². The Morgan fingerprint density at radius 1 is 1.04 bits per heavy atom. The van der Waals surface area contributed by atoms with Crippen LogP contribution in [0.2, 0.25) is 15.1 Å². The van der Waals surface area contributed by atoms with Crippen LogP contribution in [-0.4, -0.2) is 23.2 Å². The van der Waals surface area contributed by atoms with Gasteiger partial charge >= 0.3 is 5.97 Å². The molecule has 1 aromatic heterocycles. The molecule has 0 amide bonds. The minimum Gasteiger partial charge on any atom is -0.495 e. The zero-order valence-corrected chi connectivity index (χ0v) is 14.6. The Bertz CT molecular complexity index is 973. The molecular weight excluding hydrogens is 373 g/mol. The van der Waals surface area contributed by atoms with Crippen molar-refractivity contribution in [3.63, 3.8) is 0 Å². The van der Waals surface area contributed by atoms with Crippen LogP contribution in [0.4, 0.5) is 0 Å². The first kappa shape index (κ1) is 16.8. The number of pyridine rings is 1. The lowest BCUT2D eigenvalue weighted by Gasteiger charge is -2.10. The van der Waals surface area contributed by atoms with Crippen LogP contribution in [0.1, 0.15) is 10.4 Å². The van der Waals surface area contributed by atoms with Crippen LogP contribution >= 0.6 is 34.8 Å². The monoisotopic (exact) mass is 381 g/mol. The van der Waals surface area contributed by atoms with Gasteiger partial charge in [0.25, 0.3) is 0 Å². The minimum absolute atomic E-state index is 0.0936. The second-order valence-corrected chi connectivity index (χ2v) is 6.21. The summed E-state index contributed by atoms with van der Waals surface area (Å²) in [5.41, 5.74) is 1.65. The van der Waals surface area contributed by atoms with Gasteiger partial charge in [-0.05, 0) is 30.3 Å². The Kier molecular flexibility index (Phi) is 4.54. The largest absolute Gasteiger partial charge is 0.495 e. The number of carboxylic acids is 1. The summed E-state index contributed by atoms with van der Waals surface area (Å²) in [6.07, 6.45) is 0. The lowest BCUT2D eigenvalue weighted by atomic mass is 10.0. The van der Waals surface area contributed by atoms with Crippen molar-refractivity contribution in [1.29, 1.82) is 0 Å². The Hall–Kier alpha value is -2.01. The van der Waals surface area contributed by atoms with E-state index in [1.165, 1.54) is 13.2 Å². The van der Waals surface area contributed by atoms with Gasteiger partial charge in [0.2, 0.25) is 0 Å². The van der Waals surface area contributed by atoms with E-state index in [1.54, 1.807) is 30.3 Å². The molecule has 0 aliphatic heterocycles. The maximum Gasteiger partial charge on any atom is 0.336 e. The molecule has 0 saturated heterocycles. The molecule has 0 radical (unpaired) electrons. The van der Waals surface area contributed by atoms with Gasteiger partial charge in [-0.25, -0.2) is 9.78 Å². The first-order chi connectivity index (χ1) is 11.4. The molecule has 3 aromatic rings. The fourth-order valence-corrected chi connectivity index (χ4v) is 2.90. The predicted octanol–water partition coefficient (Wildman–Crippen LogP) is 5.57. The number of hydrogen-bond donors (Lipinski definition) is 1. The third-order valence-corrected chi connectivity index (χ3v) is 4.56. The van der Waals surface area contributed by atoms with E-state index < -0.39 is 5.97 Å². The number of methoxy groups -OCH3 is 1. The molecule has 0 spiro atoms. The highest BCUT2D eigenvalue weighted by atomic mass is 35.5. The maximum atomic E-state index is 11.7. The van der Waals surface area contributed by atoms with Gasteiger partial charge in [-0.2, -0.15) is 0 Å². The van der Waals surface area contributed by atoms with Gasteiger partial charge in [-0.15, -0.1) is 0 Å². The number of ether oxygens (including phenoxy) is 1. The molecule has 0 bridgehead atoms. The lowest BCUT2D eigenvalue weighted by molar-refractivity contribution is 0.0699. The number of aromatic carboxylic acids is 1. The number of aromatic nitrogens is 1. The Labute approximate surface area is 152 Å². The van der Waals surface area contributed by atoms with Gasteiger partial charge in [-0.1, -0.05) is 40.9 Å². The normalized spacial score (nSPS) is 10.8. The molecule has 2 aromatic carbocycles. The van der Waals surface area contributed by atoms with E-state index >= 15 is 0 Å². The molecule has 24 heavy (non-hydrogen) atoms. The van der Waals surface area contributed by atoms with E-state index in [4.69, 9.17) is 39.5 Å². The number of benzene rings is 2. The molecule has 0 aliphatic carbocycles. The predicted molar refractivity (Wildman–Crippen MR) is 95.7 cm³/mol. The van der Waals surface area contributed by atoms with Crippen molar-refractivity contribution in [2.45, 2.75) is 0 Å². The summed E-state index contributed by atoms with van der Waals surface area (Å²) in [5, 5.41) is 11.1. The molecule has 3 rings (SSSR count). The fraction of sp³-hybridized carbons (Fsp3) is 0.0588. The zero-order chi connectivity index (χ0) is 17.4. The standard InChI is InChI=1S/C17H10Cl3NO3/c1-24-16-6-9-10(17(22)23)5-14(21-15(9)7-13(16)20)8-2-3-11(18)12(19)4-8/h2-7H,1H3,(H,22,23). The van der Waals surface area contributed by atoms with E-state index in [1.807, 2.05) is 0 Å². The van der Waals surface area contributed by atoms with Crippen LogP contribution in [0.15, 0.2) is 36.4 Å². The molecule has 0 atom stereocenters. The summed E-state index contributed by atoms with van der Waals surface area (Å²) >= 11 is 18.1. The van der Waals surface area contributed by atoms with Gasteiger partial charge in [0.05, 0.1) is 39.0 Å². The molecule has 0 aliphatic rings. The minimum atomic E-state index is -1.08. The van der Waals surface area contributed by atoms with Crippen molar-refractivity contribution < 1.29 is 14.6 Å². The Balaban J connectivity index is 2.30. The number of nitrogens with zero attached hydrogens (tertiary/aromatic N) is 1. The van der Waals surface area contributed by atoms with Crippen LogP contribution in [0.5, 0.6) is 5.75 Å². The second kappa shape index (κ2) is 6.48. The summed E-state index contributed by atoms with van der Waals surface area (Å²) < 4.78 is 5.15. The molecule has 1 heterocycles. The van der Waals surface area contributed by atoms with Crippen LogP contribution < -0.4 is 4.74 Å². The van der Waals surface area contributed by atoms with Crippen LogP contribution in [0.3, 0.4) is 0 Å². The number of rotatable bonds is 3. The van der Waals surface area contributed by atoms with Crippen molar-refractivity contribution in [3.05, 3.63) is 57.0 Å². The molecule has 1 N–H and O–H groups in total. The highest BCUT2D eigenvalue weighted by molar-refractivity contribution is 6.42. The second-order valence-electron chi connectivity index (χ2n) is 4.99. The summed E-state index contributed by atoms with van der Waals surface area (Å²) in [7, 11) is 1.46.